The van der Waals surface area contributed by atoms with Crippen molar-refractivity contribution in [1.29, 1.82) is 0 Å². The van der Waals surface area contributed by atoms with Crippen molar-refractivity contribution in [1.82, 2.24) is 4.31 Å². The molecule has 0 atom stereocenters. The topological polar surface area (TPSA) is 37.4 Å². The first-order chi connectivity index (χ1) is 9.21. The lowest BCUT2D eigenvalue weighted by molar-refractivity contribution is -0.137. The van der Waals surface area contributed by atoms with Crippen LogP contribution < -0.4 is 0 Å². The van der Waals surface area contributed by atoms with Crippen LogP contribution in [0.25, 0.3) is 0 Å². The number of benzene rings is 1. The fraction of sp³-hybridized carbons (Fsp3) is 0.538. The van der Waals surface area contributed by atoms with Crippen LogP contribution in [0.2, 0.25) is 0 Å². The maximum Gasteiger partial charge on any atom is 0.416 e. The highest BCUT2D eigenvalue weighted by Crippen LogP contribution is 2.30. The van der Waals surface area contributed by atoms with Crippen LogP contribution >= 0.6 is 0 Å². The minimum Gasteiger partial charge on any atom is -0.207 e. The van der Waals surface area contributed by atoms with Crippen LogP contribution in [0.4, 0.5) is 13.2 Å². The first-order valence-electron chi connectivity index (χ1n) is 6.38. The van der Waals surface area contributed by atoms with E-state index in [0.29, 0.717) is 19.0 Å². The third-order valence-corrected chi connectivity index (χ3v) is 5.47. The summed E-state index contributed by atoms with van der Waals surface area (Å²) >= 11 is 0. The molecule has 112 valence electrons. The highest BCUT2D eigenvalue weighted by Gasteiger charge is 2.32. The Morgan fingerprint density at radius 3 is 2.05 bits per heavy atom. The molecular weight excluding hydrogens is 291 g/mol. The van der Waals surface area contributed by atoms with Gasteiger partial charge in [0.05, 0.1) is 10.5 Å². The summed E-state index contributed by atoms with van der Waals surface area (Å²) in [6.07, 6.45) is -2.90. The molecule has 3 nitrogen and oxygen atoms in total. The van der Waals surface area contributed by atoms with Crippen molar-refractivity contribution in [2.45, 2.75) is 30.8 Å². The lowest BCUT2D eigenvalue weighted by atomic mass is 10.0. The molecule has 7 heteroatoms. The fourth-order valence-electron chi connectivity index (χ4n) is 2.19. The number of halogens is 3. The average molecular weight is 307 g/mol. The number of hydrogen-bond donors (Lipinski definition) is 0. The molecule has 1 aromatic rings. The third kappa shape index (κ3) is 3.15. The van der Waals surface area contributed by atoms with Gasteiger partial charge in [-0.25, -0.2) is 8.42 Å². The third-order valence-electron chi connectivity index (χ3n) is 3.56. The molecule has 2 rings (SSSR count). The van der Waals surface area contributed by atoms with Crippen molar-refractivity contribution in [2.75, 3.05) is 13.1 Å². The van der Waals surface area contributed by atoms with Crippen LogP contribution in [0.15, 0.2) is 29.2 Å². The molecule has 0 bridgehead atoms. The van der Waals surface area contributed by atoms with Crippen LogP contribution in [0.3, 0.4) is 0 Å². The zero-order valence-corrected chi connectivity index (χ0v) is 11.8. The Balaban J connectivity index is 2.22. The zero-order chi connectivity index (χ0) is 15.0. The Morgan fingerprint density at radius 1 is 1.10 bits per heavy atom. The van der Waals surface area contributed by atoms with Gasteiger partial charge in [-0.2, -0.15) is 17.5 Å². The largest absolute Gasteiger partial charge is 0.416 e. The lowest BCUT2D eigenvalue weighted by Crippen LogP contribution is -2.37. The van der Waals surface area contributed by atoms with Gasteiger partial charge in [-0.05, 0) is 43.0 Å². The highest BCUT2D eigenvalue weighted by molar-refractivity contribution is 7.89. The molecule has 1 heterocycles. The lowest BCUT2D eigenvalue weighted by Gasteiger charge is -2.29. The molecular formula is C13H16F3NO2S. The molecule has 0 unspecified atom stereocenters. The molecule has 20 heavy (non-hydrogen) atoms. The number of rotatable bonds is 2. The minimum absolute atomic E-state index is 0.0833. The first-order valence-corrected chi connectivity index (χ1v) is 7.82. The Bertz CT molecular complexity index is 558. The van der Waals surface area contributed by atoms with E-state index >= 15 is 0 Å². The molecule has 1 aliphatic heterocycles. The van der Waals surface area contributed by atoms with E-state index < -0.39 is 21.8 Å². The Morgan fingerprint density at radius 2 is 1.60 bits per heavy atom. The predicted molar refractivity (Wildman–Crippen MR) is 68.6 cm³/mol. The van der Waals surface area contributed by atoms with Crippen molar-refractivity contribution in [3.63, 3.8) is 0 Å². The monoisotopic (exact) mass is 307 g/mol. The van der Waals surface area contributed by atoms with Crippen LogP contribution in [0.5, 0.6) is 0 Å². The van der Waals surface area contributed by atoms with Crippen LogP contribution in [-0.4, -0.2) is 25.8 Å². The Kier molecular flexibility index (Phi) is 4.11. The molecule has 1 aromatic carbocycles. The van der Waals surface area contributed by atoms with Gasteiger partial charge in [0, 0.05) is 13.1 Å². The van der Waals surface area contributed by atoms with Gasteiger partial charge < -0.3 is 0 Å². The van der Waals surface area contributed by atoms with Gasteiger partial charge in [0.15, 0.2) is 0 Å². The van der Waals surface area contributed by atoms with Gasteiger partial charge in [-0.1, -0.05) is 6.92 Å². The second-order valence-corrected chi connectivity index (χ2v) is 7.05. The zero-order valence-electron chi connectivity index (χ0n) is 11.0. The summed E-state index contributed by atoms with van der Waals surface area (Å²) < 4.78 is 63.3. The Labute approximate surface area is 116 Å². The van der Waals surface area contributed by atoms with E-state index in [0.717, 1.165) is 37.1 Å². The Hall–Kier alpha value is -1.08. The SMILES string of the molecule is CC1CCN(S(=O)(=O)c2ccc(C(F)(F)F)cc2)CC1. The first kappa shape index (κ1) is 15.3. The molecule has 0 spiro atoms. The molecule has 0 aliphatic carbocycles. The van der Waals surface area contributed by atoms with Crippen molar-refractivity contribution in [3.8, 4) is 0 Å². The maximum absolute atomic E-state index is 12.5. The van der Waals surface area contributed by atoms with Crippen molar-refractivity contribution < 1.29 is 21.6 Å². The van der Waals surface area contributed by atoms with Gasteiger partial charge in [-0.3, -0.25) is 0 Å². The molecule has 0 N–H and O–H groups in total. The van der Waals surface area contributed by atoms with E-state index in [1.54, 1.807) is 0 Å². The van der Waals surface area contributed by atoms with Crippen molar-refractivity contribution in [2.24, 2.45) is 5.92 Å². The number of nitrogens with zero attached hydrogens (tertiary/aromatic N) is 1. The van der Waals surface area contributed by atoms with Crippen LogP contribution in [0, 0.1) is 5.92 Å². The molecule has 0 saturated carbocycles. The average Bonchev–Trinajstić information content (AvgIpc) is 2.38. The standard InChI is InChI=1S/C13H16F3NO2S/c1-10-6-8-17(9-7-10)20(18,19)12-4-2-11(3-5-12)13(14,15)16/h2-5,10H,6-9H2,1H3. The molecule has 1 aliphatic rings. The van der Waals surface area contributed by atoms with Gasteiger partial charge in [0.1, 0.15) is 0 Å². The van der Waals surface area contributed by atoms with Crippen molar-refractivity contribution in [3.05, 3.63) is 29.8 Å². The van der Waals surface area contributed by atoms with Crippen LogP contribution in [0.1, 0.15) is 25.3 Å². The van der Waals surface area contributed by atoms with Crippen LogP contribution in [-0.2, 0) is 16.2 Å². The van der Waals surface area contributed by atoms with E-state index in [-0.39, 0.29) is 4.90 Å². The van der Waals surface area contributed by atoms with E-state index in [1.807, 2.05) is 0 Å². The van der Waals surface area contributed by atoms with E-state index in [2.05, 4.69) is 6.92 Å². The van der Waals surface area contributed by atoms with Gasteiger partial charge in [0.25, 0.3) is 0 Å². The van der Waals surface area contributed by atoms with Gasteiger partial charge in [-0.15, -0.1) is 0 Å². The quantitative estimate of drug-likeness (QED) is 0.842. The smallest absolute Gasteiger partial charge is 0.207 e. The van der Waals surface area contributed by atoms with Gasteiger partial charge >= 0.3 is 6.18 Å². The molecule has 1 fully saturated rings. The number of sulfonamides is 1. The molecule has 0 radical (unpaired) electrons. The molecule has 1 saturated heterocycles. The minimum atomic E-state index is -4.46. The van der Waals surface area contributed by atoms with E-state index in [4.69, 9.17) is 0 Å². The predicted octanol–water partition coefficient (Wildman–Crippen LogP) is 3.13. The summed E-state index contributed by atoms with van der Waals surface area (Å²) in [6, 6.07) is 3.66. The second-order valence-electron chi connectivity index (χ2n) is 5.11. The second kappa shape index (κ2) is 5.37. The van der Waals surface area contributed by atoms with E-state index in [9.17, 15) is 21.6 Å². The summed E-state index contributed by atoms with van der Waals surface area (Å²) in [5.41, 5.74) is -0.844. The van der Waals surface area contributed by atoms with Crippen molar-refractivity contribution >= 4 is 10.0 Å². The summed E-state index contributed by atoms with van der Waals surface area (Å²) in [5, 5.41) is 0. The summed E-state index contributed by atoms with van der Waals surface area (Å²) in [4.78, 5) is -0.0833. The summed E-state index contributed by atoms with van der Waals surface area (Å²) in [5.74, 6) is 0.481. The number of alkyl halides is 3. The van der Waals surface area contributed by atoms with E-state index in [1.165, 1.54) is 4.31 Å². The maximum atomic E-state index is 12.5. The highest BCUT2D eigenvalue weighted by atomic mass is 32.2. The number of piperidine rings is 1. The molecule has 0 amide bonds. The summed E-state index contributed by atoms with van der Waals surface area (Å²) in [7, 11) is -3.68. The normalized spacial score (nSPS) is 19.2. The number of hydrogen-bond acceptors (Lipinski definition) is 2. The van der Waals surface area contributed by atoms with Gasteiger partial charge in [0.2, 0.25) is 10.0 Å². The summed E-state index contributed by atoms with van der Waals surface area (Å²) in [6.45, 7) is 2.90. The molecule has 0 aromatic heterocycles. The fourth-order valence-corrected chi connectivity index (χ4v) is 3.66.